The second kappa shape index (κ2) is 17.2. The van der Waals surface area contributed by atoms with Gasteiger partial charge < -0.3 is 24.0 Å². The Morgan fingerprint density at radius 1 is 0.576 bits per heavy atom. The first-order valence-corrected chi connectivity index (χ1v) is 13.2. The Kier molecular flexibility index (Phi) is 16.0. The van der Waals surface area contributed by atoms with Crippen molar-refractivity contribution < 1.29 is 14.2 Å². The Labute approximate surface area is 205 Å². The van der Waals surface area contributed by atoms with Crippen LogP contribution in [0.15, 0.2) is 0 Å². The zero-order chi connectivity index (χ0) is 24.8. The normalized spacial score (nSPS) is 34.6. The summed E-state index contributed by atoms with van der Waals surface area (Å²) in [6.45, 7) is 20.1. The minimum atomic E-state index is 0.416. The maximum Gasteiger partial charge on any atom is 0.0678 e. The van der Waals surface area contributed by atoms with E-state index < -0.39 is 0 Å². The Bertz CT molecular complexity index is 382. The zero-order valence-corrected chi connectivity index (χ0v) is 23.4. The molecule has 0 N–H and O–H groups in total. The molecule has 4 heterocycles. The van der Waals surface area contributed by atoms with Crippen molar-refractivity contribution in [1.82, 2.24) is 19.6 Å². The fraction of sp³-hybridized carbons (Fsp3) is 1.00. The van der Waals surface area contributed by atoms with E-state index in [9.17, 15) is 0 Å². The molecule has 0 unspecified atom stereocenters. The van der Waals surface area contributed by atoms with E-state index in [2.05, 4.69) is 82.4 Å². The number of hydrogen-bond donors (Lipinski definition) is 0. The van der Waals surface area contributed by atoms with Gasteiger partial charge in [0.2, 0.25) is 0 Å². The van der Waals surface area contributed by atoms with E-state index in [4.69, 9.17) is 14.2 Å². The van der Waals surface area contributed by atoms with Crippen LogP contribution in [0.2, 0.25) is 0 Å². The molecule has 0 amide bonds. The fourth-order valence-electron chi connectivity index (χ4n) is 4.30. The van der Waals surface area contributed by atoms with Gasteiger partial charge in [-0.1, -0.05) is 6.42 Å². The molecular formula is C26H56N4O3. The molecule has 0 aromatic carbocycles. The topological polar surface area (TPSA) is 40.7 Å². The Balaban J connectivity index is 0.000000220. The van der Waals surface area contributed by atoms with E-state index in [0.29, 0.717) is 24.3 Å². The van der Waals surface area contributed by atoms with Gasteiger partial charge in [0, 0.05) is 44.3 Å². The third-order valence-electron chi connectivity index (χ3n) is 7.14. The van der Waals surface area contributed by atoms with Crippen LogP contribution in [0.5, 0.6) is 0 Å². The lowest BCUT2D eigenvalue weighted by Gasteiger charge is -2.32. The van der Waals surface area contributed by atoms with E-state index >= 15 is 0 Å². The molecule has 0 aromatic rings. The molecule has 4 aliphatic rings. The fourth-order valence-corrected chi connectivity index (χ4v) is 4.30. The number of ether oxygens (including phenoxy) is 3. The molecule has 7 nitrogen and oxygen atoms in total. The smallest absolute Gasteiger partial charge is 0.0678 e. The maximum atomic E-state index is 5.51. The van der Waals surface area contributed by atoms with Crippen molar-refractivity contribution in [3.05, 3.63) is 0 Å². The summed E-state index contributed by atoms with van der Waals surface area (Å²) in [5, 5.41) is 0. The van der Waals surface area contributed by atoms with Crippen LogP contribution in [0.25, 0.3) is 0 Å². The lowest BCUT2D eigenvalue weighted by Crippen LogP contribution is -2.42. The van der Waals surface area contributed by atoms with Crippen molar-refractivity contribution in [3.63, 3.8) is 0 Å². The van der Waals surface area contributed by atoms with Crippen molar-refractivity contribution in [3.8, 4) is 0 Å². The number of rotatable bonds is 0. The average Bonchev–Trinajstić information content (AvgIpc) is 2.75. The van der Waals surface area contributed by atoms with Crippen LogP contribution < -0.4 is 0 Å². The minimum absolute atomic E-state index is 0.416. The highest BCUT2D eigenvalue weighted by atomic mass is 16.5. The van der Waals surface area contributed by atoms with Gasteiger partial charge in [0.15, 0.2) is 0 Å². The molecule has 5 atom stereocenters. The van der Waals surface area contributed by atoms with E-state index in [-0.39, 0.29) is 0 Å². The summed E-state index contributed by atoms with van der Waals surface area (Å²) >= 11 is 0. The molecule has 7 heteroatoms. The van der Waals surface area contributed by atoms with Gasteiger partial charge >= 0.3 is 0 Å². The number of likely N-dealkylation sites (tertiary alicyclic amines) is 1. The summed E-state index contributed by atoms with van der Waals surface area (Å²) in [7, 11) is 8.61. The predicted octanol–water partition coefficient (Wildman–Crippen LogP) is 2.89. The average molecular weight is 473 g/mol. The summed E-state index contributed by atoms with van der Waals surface area (Å²) in [5.74, 6) is 0. The predicted molar refractivity (Wildman–Crippen MR) is 139 cm³/mol. The number of morpholine rings is 3. The van der Waals surface area contributed by atoms with Gasteiger partial charge in [0.05, 0.1) is 38.6 Å². The molecule has 4 rings (SSSR count). The molecule has 0 radical (unpaired) electrons. The molecular weight excluding hydrogens is 416 g/mol. The van der Waals surface area contributed by atoms with Crippen LogP contribution in [0, 0.1) is 0 Å². The summed E-state index contributed by atoms with van der Waals surface area (Å²) in [5.41, 5.74) is 0. The van der Waals surface area contributed by atoms with Crippen LogP contribution in [0.4, 0.5) is 0 Å². The van der Waals surface area contributed by atoms with Crippen LogP contribution in [0.3, 0.4) is 0 Å². The highest BCUT2D eigenvalue weighted by molar-refractivity contribution is 4.70. The van der Waals surface area contributed by atoms with E-state index in [1.165, 1.54) is 25.8 Å². The lowest BCUT2D eigenvalue weighted by atomic mass is 10.1. The molecule has 4 saturated heterocycles. The highest BCUT2D eigenvalue weighted by Gasteiger charge is 2.18. The monoisotopic (exact) mass is 472 g/mol. The summed E-state index contributed by atoms with van der Waals surface area (Å²) in [4.78, 5) is 9.36. The van der Waals surface area contributed by atoms with Gasteiger partial charge in [-0.15, -0.1) is 0 Å². The molecule has 0 aliphatic carbocycles. The quantitative estimate of drug-likeness (QED) is 0.537. The van der Waals surface area contributed by atoms with Crippen LogP contribution >= 0.6 is 0 Å². The molecule has 198 valence electrons. The second-order valence-electron chi connectivity index (χ2n) is 10.6. The second-order valence-corrected chi connectivity index (χ2v) is 10.6. The minimum Gasteiger partial charge on any atom is -0.379 e. The molecule has 0 bridgehead atoms. The molecule has 4 aliphatic heterocycles. The lowest BCUT2D eigenvalue weighted by molar-refractivity contribution is -0.0602. The summed E-state index contributed by atoms with van der Waals surface area (Å²) < 4.78 is 15.9. The first kappa shape index (κ1) is 30.8. The number of hydrogen-bond acceptors (Lipinski definition) is 7. The van der Waals surface area contributed by atoms with Gasteiger partial charge in [0.1, 0.15) is 0 Å². The molecule has 0 aromatic heterocycles. The van der Waals surface area contributed by atoms with E-state index in [0.717, 1.165) is 58.6 Å². The SMILES string of the molecule is C[C@@H]1CN(C)C[C@H](C)O1.C[C@@H]1COCCN1C.C[C@H]1CCCCN1C.C[C@H]1COCCN1C. The Hall–Kier alpha value is -0.280. The largest absolute Gasteiger partial charge is 0.379 e. The van der Waals surface area contributed by atoms with Crippen LogP contribution in [-0.4, -0.2) is 137 Å². The molecule has 0 spiro atoms. The van der Waals surface area contributed by atoms with Gasteiger partial charge in [0.25, 0.3) is 0 Å². The first-order chi connectivity index (χ1) is 15.6. The third kappa shape index (κ3) is 14.0. The first-order valence-electron chi connectivity index (χ1n) is 13.2. The Morgan fingerprint density at radius 3 is 1.30 bits per heavy atom. The standard InChI is InChI=1S/C7H15NO.C7H15N.2C6H13NO/c1-6-4-8(3)5-7(2)9-6;1-7-5-3-4-6-8(7)2;2*1-6-5-8-4-3-7(6)2/h6-7H,4-5H2,1-3H3;7H,3-6H2,1-2H3;2*6H,3-5H2,1-2H3/t6-,7+;7-;2*6-/m.010/s1. The van der Waals surface area contributed by atoms with Crippen LogP contribution in [0.1, 0.15) is 53.9 Å². The van der Waals surface area contributed by atoms with Gasteiger partial charge in [-0.2, -0.15) is 0 Å². The van der Waals surface area contributed by atoms with Gasteiger partial charge in [-0.25, -0.2) is 0 Å². The number of nitrogens with zero attached hydrogens (tertiary/aromatic N) is 4. The van der Waals surface area contributed by atoms with Crippen LogP contribution in [-0.2, 0) is 14.2 Å². The van der Waals surface area contributed by atoms with Crippen molar-refractivity contribution >= 4 is 0 Å². The van der Waals surface area contributed by atoms with Crippen molar-refractivity contribution in [2.75, 3.05) is 87.3 Å². The zero-order valence-electron chi connectivity index (χ0n) is 23.4. The van der Waals surface area contributed by atoms with Crippen molar-refractivity contribution in [1.29, 1.82) is 0 Å². The summed E-state index contributed by atoms with van der Waals surface area (Å²) in [6.07, 6.45) is 5.07. The molecule has 0 saturated carbocycles. The van der Waals surface area contributed by atoms with E-state index in [1.807, 2.05) is 0 Å². The third-order valence-corrected chi connectivity index (χ3v) is 7.14. The van der Waals surface area contributed by atoms with E-state index in [1.54, 1.807) is 0 Å². The number of piperidine rings is 1. The maximum absolute atomic E-state index is 5.51. The summed E-state index contributed by atoms with van der Waals surface area (Å²) in [6, 6.07) is 2.07. The van der Waals surface area contributed by atoms with Crippen molar-refractivity contribution in [2.24, 2.45) is 0 Å². The van der Waals surface area contributed by atoms with Gasteiger partial charge in [-0.3, -0.25) is 9.80 Å². The van der Waals surface area contributed by atoms with Crippen molar-refractivity contribution in [2.45, 2.75) is 84.2 Å². The Morgan fingerprint density at radius 2 is 1.03 bits per heavy atom. The highest BCUT2D eigenvalue weighted by Crippen LogP contribution is 2.13. The number of likely N-dealkylation sites (N-methyl/N-ethyl adjacent to an activating group) is 3. The molecule has 4 fully saturated rings. The molecule has 33 heavy (non-hydrogen) atoms. The van der Waals surface area contributed by atoms with Gasteiger partial charge in [-0.05, 0) is 82.2 Å².